The van der Waals surface area contributed by atoms with E-state index in [-0.39, 0.29) is 12.3 Å². The quantitative estimate of drug-likeness (QED) is 0.140. The zero-order chi connectivity index (χ0) is 36.3. The van der Waals surface area contributed by atoms with Gasteiger partial charge in [-0.2, -0.15) is 0 Å². The van der Waals surface area contributed by atoms with Crippen LogP contribution in [0.1, 0.15) is 34.6 Å². The number of hydrogen-bond acceptors (Lipinski definition) is 7. The second-order valence-corrected chi connectivity index (χ2v) is 14.4. The molecule has 0 spiro atoms. The van der Waals surface area contributed by atoms with Gasteiger partial charge in [-0.15, -0.1) is 0 Å². The zero-order valence-corrected chi connectivity index (χ0v) is 30.4. The molecule has 0 atom stereocenters. The van der Waals surface area contributed by atoms with Crippen LogP contribution >= 0.6 is 0 Å². The molecule has 7 aromatic rings. The van der Waals surface area contributed by atoms with E-state index < -0.39 is 5.60 Å². The fourth-order valence-corrected chi connectivity index (χ4v) is 5.71. The summed E-state index contributed by atoms with van der Waals surface area (Å²) in [5.74, 6) is 3.44. The van der Waals surface area contributed by atoms with Crippen LogP contribution in [-0.4, -0.2) is 42.4 Å². The minimum Gasteiger partial charge on any atom is -0.426 e. The molecule has 0 N–H and O–H groups in total. The molecule has 256 valence electrons. The molecule has 0 radical (unpaired) electrons. The van der Waals surface area contributed by atoms with Crippen molar-refractivity contribution in [2.45, 2.75) is 47.0 Å². The number of benzene rings is 5. The van der Waals surface area contributed by atoms with Gasteiger partial charge in [0.15, 0.2) is 34.9 Å². The van der Waals surface area contributed by atoms with Crippen molar-refractivity contribution in [3.8, 4) is 68.3 Å². The van der Waals surface area contributed by atoms with Gasteiger partial charge in [-0.05, 0) is 30.8 Å². The average molecular weight is 681 g/mol. The molecular formula is C44H41BN6O. The van der Waals surface area contributed by atoms with Crippen molar-refractivity contribution in [2.24, 2.45) is 5.41 Å². The van der Waals surface area contributed by atoms with Crippen molar-refractivity contribution in [3.63, 3.8) is 0 Å². The van der Waals surface area contributed by atoms with Crippen molar-refractivity contribution >= 4 is 12.4 Å². The lowest BCUT2D eigenvalue weighted by atomic mass is 9.61. The molecule has 0 amide bonds. The fourth-order valence-electron chi connectivity index (χ4n) is 5.71. The Kier molecular flexibility index (Phi) is 9.58. The summed E-state index contributed by atoms with van der Waals surface area (Å²) in [6.45, 7) is 12.7. The smallest absolute Gasteiger partial charge is 0.324 e. The van der Waals surface area contributed by atoms with E-state index in [0.717, 1.165) is 38.8 Å². The summed E-state index contributed by atoms with van der Waals surface area (Å²) in [6.07, 6.45) is 0. The van der Waals surface area contributed by atoms with Crippen molar-refractivity contribution < 1.29 is 4.65 Å². The number of hydrogen-bond donors (Lipinski definition) is 0. The Bertz CT molecular complexity index is 2030. The van der Waals surface area contributed by atoms with E-state index in [9.17, 15) is 0 Å². The minimum absolute atomic E-state index is 0.103. The van der Waals surface area contributed by atoms with E-state index in [1.807, 2.05) is 121 Å². The van der Waals surface area contributed by atoms with Crippen molar-refractivity contribution in [2.75, 3.05) is 0 Å². The first kappa shape index (κ1) is 34.6. The van der Waals surface area contributed by atoms with Crippen LogP contribution in [0.5, 0.6) is 0 Å². The van der Waals surface area contributed by atoms with Crippen LogP contribution in [0.2, 0.25) is 6.82 Å². The molecule has 7 rings (SSSR count). The Labute approximate surface area is 306 Å². The van der Waals surface area contributed by atoms with Gasteiger partial charge >= 0.3 is 6.92 Å². The minimum atomic E-state index is -0.426. The highest BCUT2D eigenvalue weighted by Gasteiger charge is 2.36. The van der Waals surface area contributed by atoms with Gasteiger partial charge in [0.1, 0.15) is 0 Å². The molecule has 0 fully saturated rings. The maximum absolute atomic E-state index is 6.84. The molecule has 5 aromatic carbocycles. The molecule has 2 heterocycles. The predicted octanol–water partition coefficient (Wildman–Crippen LogP) is 9.73. The van der Waals surface area contributed by atoms with Crippen LogP contribution in [0, 0.1) is 5.41 Å². The molecule has 0 aliphatic rings. The van der Waals surface area contributed by atoms with Gasteiger partial charge in [-0.3, -0.25) is 0 Å². The lowest BCUT2D eigenvalue weighted by Gasteiger charge is -2.41. The van der Waals surface area contributed by atoms with Gasteiger partial charge in [0, 0.05) is 33.4 Å². The lowest BCUT2D eigenvalue weighted by molar-refractivity contribution is 0.000451. The van der Waals surface area contributed by atoms with Crippen LogP contribution in [0.15, 0.2) is 140 Å². The lowest BCUT2D eigenvalue weighted by Crippen LogP contribution is -2.47. The molecule has 2 aromatic heterocycles. The maximum Gasteiger partial charge on any atom is 0.324 e. The summed E-state index contributed by atoms with van der Waals surface area (Å²) in [7, 11) is 0. The maximum atomic E-state index is 6.84. The predicted molar refractivity (Wildman–Crippen MR) is 212 cm³/mol. The van der Waals surface area contributed by atoms with Crippen LogP contribution in [-0.2, 0) is 4.65 Å². The largest absolute Gasteiger partial charge is 0.426 e. The van der Waals surface area contributed by atoms with E-state index in [4.69, 9.17) is 34.6 Å². The second-order valence-electron chi connectivity index (χ2n) is 14.4. The normalized spacial score (nSPS) is 11.7. The Morgan fingerprint density at radius 2 is 0.654 bits per heavy atom. The standard InChI is InChI=1S/C44H41BN6O/c1-43(2,3)44(4,5)52-45(6)36-28-34(41-48-37(30-19-11-7-12-20-30)46-38(49-41)31-21-13-8-14-22-31)27-35(29-36)42-50-39(32-23-15-9-16-24-32)47-40(51-42)33-25-17-10-18-26-33/h7-29H,1-6H3. The summed E-state index contributed by atoms with van der Waals surface area (Å²) in [5.41, 5.74) is 5.64. The third kappa shape index (κ3) is 7.58. The summed E-state index contributed by atoms with van der Waals surface area (Å²) in [4.78, 5) is 30.1. The van der Waals surface area contributed by atoms with E-state index >= 15 is 0 Å². The summed E-state index contributed by atoms with van der Waals surface area (Å²) < 4.78 is 6.84. The molecule has 7 nitrogen and oxygen atoms in total. The first-order chi connectivity index (χ1) is 25.0. The van der Waals surface area contributed by atoms with Crippen LogP contribution in [0.3, 0.4) is 0 Å². The number of nitrogens with zero attached hydrogens (tertiary/aromatic N) is 6. The van der Waals surface area contributed by atoms with Gasteiger partial charge in [0.25, 0.3) is 0 Å². The summed E-state index contributed by atoms with van der Waals surface area (Å²) in [6, 6.07) is 46.3. The molecule has 8 heteroatoms. The van der Waals surface area contributed by atoms with Gasteiger partial charge in [-0.1, -0.05) is 161 Å². The molecule has 0 saturated heterocycles. The Hall–Kier alpha value is -5.86. The third-order valence-corrected chi connectivity index (χ3v) is 9.62. The van der Waals surface area contributed by atoms with Gasteiger partial charge in [0.05, 0.1) is 5.60 Å². The Balaban J connectivity index is 1.45. The molecule has 0 unspecified atom stereocenters. The van der Waals surface area contributed by atoms with E-state index in [1.165, 1.54) is 0 Å². The van der Waals surface area contributed by atoms with Crippen LogP contribution < -0.4 is 5.46 Å². The molecule has 52 heavy (non-hydrogen) atoms. The Morgan fingerprint density at radius 1 is 0.385 bits per heavy atom. The van der Waals surface area contributed by atoms with Crippen LogP contribution in [0.4, 0.5) is 0 Å². The first-order valence-electron chi connectivity index (χ1n) is 17.6. The first-order valence-corrected chi connectivity index (χ1v) is 17.6. The molecular weight excluding hydrogens is 639 g/mol. The number of rotatable bonds is 9. The highest BCUT2D eigenvalue weighted by atomic mass is 16.5. The average Bonchev–Trinajstić information content (AvgIpc) is 3.18. The fraction of sp³-hybridized carbons (Fsp3) is 0.182. The van der Waals surface area contributed by atoms with Gasteiger partial charge in [-0.25, -0.2) is 29.9 Å². The molecule has 0 saturated carbocycles. The highest BCUT2D eigenvalue weighted by Crippen LogP contribution is 2.34. The van der Waals surface area contributed by atoms with Crippen molar-refractivity contribution in [1.82, 2.24) is 29.9 Å². The highest BCUT2D eigenvalue weighted by molar-refractivity contribution is 6.66. The topological polar surface area (TPSA) is 86.6 Å². The third-order valence-electron chi connectivity index (χ3n) is 9.62. The van der Waals surface area contributed by atoms with E-state index in [1.54, 1.807) is 0 Å². The monoisotopic (exact) mass is 680 g/mol. The second kappa shape index (κ2) is 14.4. The van der Waals surface area contributed by atoms with Gasteiger partial charge < -0.3 is 4.65 Å². The van der Waals surface area contributed by atoms with E-state index in [0.29, 0.717) is 34.9 Å². The van der Waals surface area contributed by atoms with Crippen molar-refractivity contribution in [3.05, 3.63) is 140 Å². The van der Waals surface area contributed by atoms with Gasteiger partial charge in [0.2, 0.25) is 0 Å². The molecule has 0 aliphatic carbocycles. The van der Waals surface area contributed by atoms with Crippen LogP contribution in [0.25, 0.3) is 68.3 Å². The Morgan fingerprint density at radius 3 is 0.923 bits per heavy atom. The number of aromatic nitrogens is 6. The van der Waals surface area contributed by atoms with E-state index in [2.05, 4.69) is 59.6 Å². The summed E-state index contributed by atoms with van der Waals surface area (Å²) >= 11 is 0. The van der Waals surface area contributed by atoms with Crippen molar-refractivity contribution in [1.29, 1.82) is 0 Å². The molecule has 0 aliphatic heterocycles. The molecule has 0 bridgehead atoms. The zero-order valence-electron chi connectivity index (χ0n) is 30.4. The SMILES string of the molecule is CB(OC(C)(C)C(C)(C)C)c1cc(-c2nc(-c3ccccc3)nc(-c3ccccc3)n2)cc(-c2nc(-c3ccccc3)nc(-c3ccccc3)n2)c1. The summed E-state index contributed by atoms with van der Waals surface area (Å²) in [5, 5.41) is 0.